The van der Waals surface area contributed by atoms with E-state index in [-0.39, 0.29) is 24.0 Å². The zero-order valence-corrected chi connectivity index (χ0v) is 13.0. The van der Waals surface area contributed by atoms with Gasteiger partial charge in [0, 0.05) is 12.3 Å². The minimum Gasteiger partial charge on any atom is -0.392 e. The normalized spacial score (nSPS) is 32.0. The lowest BCUT2D eigenvalue weighted by Gasteiger charge is -2.21. The van der Waals surface area contributed by atoms with E-state index in [9.17, 15) is 9.59 Å². The van der Waals surface area contributed by atoms with Crippen LogP contribution in [-0.4, -0.2) is 29.3 Å². The van der Waals surface area contributed by atoms with Gasteiger partial charge in [-0.05, 0) is 25.0 Å². The summed E-state index contributed by atoms with van der Waals surface area (Å²) < 4.78 is 0. The quantitative estimate of drug-likeness (QED) is 0.871. The topological polar surface area (TPSA) is 71.0 Å². The van der Waals surface area contributed by atoms with Gasteiger partial charge in [-0.25, -0.2) is 9.69 Å². The van der Waals surface area contributed by atoms with E-state index in [1.54, 1.807) is 12.1 Å². The Kier molecular flexibility index (Phi) is 3.14. The van der Waals surface area contributed by atoms with Gasteiger partial charge in [0.05, 0.1) is 11.4 Å². The van der Waals surface area contributed by atoms with Gasteiger partial charge in [-0.2, -0.15) is 0 Å². The van der Waals surface area contributed by atoms with Crippen LogP contribution in [0, 0.1) is 5.92 Å². The molecule has 1 aromatic rings. The minimum atomic E-state index is -0.850. The summed E-state index contributed by atoms with van der Waals surface area (Å²) in [6.07, 6.45) is 2.83. The number of rotatable bonds is 3. The van der Waals surface area contributed by atoms with E-state index in [1.807, 2.05) is 18.2 Å². The molecule has 1 spiro atoms. The van der Waals surface area contributed by atoms with E-state index in [1.165, 1.54) is 4.90 Å². The molecular weight excluding hydrogens is 294 g/mol. The van der Waals surface area contributed by atoms with Gasteiger partial charge in [-0.15, -0.1) is 0 Å². The van der Waals surface area contributed by atoms with E-state index < -0.39 is 5.54 Å². The van der Waals surface area contributed by atoms with Crippen molar-refractivity contribution in [2.24, 2.45) is 11.1 Å². The van der Waals surface area contributed by atoms with Gasteiger partial charge in [0.25, 0.3) is 5.91 Å². The SMILES string of the molecule is CCCC1=NO[C@@H]2C[C@@]3(C[C@H]12)NC(=O)N(c1ccccc1)C3=O. The largest absolute Gasteiger partial charge is 0.392 e. The van der Waals surface area contributed by atoms with Crippen molar-refractivity contribution in [3.8, 4) is 0 Å². The number of amides is 3. The summed E-state index contributed by atoms with van der Waals surface area (Å²) in [5.41, 5.74) is 0.777. The third-order valence-corrected chi connectivity index (χ3v) is 4.98. The standard InChI is InChI=1S/C17H19N3O3/c1-2-6-13-12-9-17(10-14(12)23-19-13)15(21)20(16(22)18-17)11-7-4-3-5-8-11/h3-5,7-8,12,14H,2,6,9-10H2,1H3,(H,18,22)/t12-,14-,17-/m1/s1. The first-order valence-electron chi connectivity index (χ1n) is 8.09. The summed E-state index contributed by atoms with van der Waals surface area (Å²) in [4.78, 5) is 32.1. The van der Waals surface area contributed by atoms with Crippen LogP contribution < -0.4 is 10.2 Å². The van der Waals surface area contributed by atoms with Crippen LogP contribution in [0.4, 0.5) is 10.5 Å². The number of urea groups is 1. The minimum absolute atomic E-state index is 0.100. The molecule has 23 heavy (non-hydrogen) atoms. The van der Waals surface area contributed by atoms with Crippen molar-refractivity contribution < 1.29 is 14.4 Å². The molecule has 1 aliphatic carbocycles. The van der Waals surface area contributed by atoms with Crippen molar-refractivity contribution in [3.63, 3.8) is 0 Å². The third kappa shape index (κ3) is 2.04. The highest BCUT2D eigenvalue weighted by Crippen LogP contribution is 2.45. The second kappa shape index (κ2) is 5.08. The first-order valence-corrected chi connectivity index (χ1v) is 8.09. The zero-order chi connectivity index (χ0) is 16.0. The summed E-state index contributed by atoms with van der Waals surface area (Å²) in [6.45, 7) is 2.10. The van der Waals surface area contributed by atoms with Crippen molar-refractivity contribution in [1.82, 2.24) is 5.32 Å². The molecule has 1 aromatic carbocycles. The summed E-state index contributed by atoms with van der Waals surface area (Å²) in [7, 11) is 0. The third-order valence-electron chi connectivity index (χ3n) is 4.98. The molecule has 2 heterocycles. The van der Waals surface area contributed by atoms with Gasteiger partial charge in [-0.3, -0.25) is 4.79 Å². The Bertz CT molecular complexity index is 688. The number of benzene rings is 1. The van der Waals surface area contributed by atoms with Gasteiger partial charge in [0.15, 0.2) is 0 Å². The van der Waals surface area contributed by atoms with Gasteiger partial charge in [0.1, 0.15) is 11.6 Å². The number of fused-ring (bicyclic) bond motifs is 1. The molecule has 6 nitrogen and oxygen atoms in total. The highest BCUT2D eigenvalue weighted by Gasteiger charge is 2.61. The summed E-state index contributed by atoms with van der Waals surface area (Å²) in [5, 5.41) is 7.09. The van der Waals surface area contributed by atoms with Gasteiger partial charge >= 0.3 is 6.03 Å². The number of oxime groups is 1. The number of hydrogen-bond acceptors (Lipinski definition) is 4. The predicted octanol–water partition coefficient (Wildman–Crippen LogP) is 2.45. The second-order valence-corrected chi connectivity index (χ2v) is 6.48. The number of para-hydroxylation sites is 1. The number of imide groups is 1. The fraction of sp³-hybridized carbons (Fsp3) is 0.471. The molecule has 6 heteroatoms. The van der Waals surface area contributed by atoms with Crippen LogP contribution >= 0.6 is 0 Å². The van der Waals surface area contributed by atoms with Crippen molar-refractivity contribution in [1.29, 1.82) is 0 Å². The molecule has 1 saturated carbocycles. The van der Waals surface area contributed by atoms with Gasteiger partial charge in [-0.1, -0.05) is 36.7 Å². The van der Waals surface area contributed by atoms with Crippen LogP contribution in [0.15, 0.2) is 35.5 Å². The average Bonchev–Trinajstić information content (AvgIpc) is 3.15. The molecule has 4 rings (SSSR count). The van der Waals surface area contributed by atoms with Crippen molar-refractivity contribution in [2.75, 3.05) is 4.90 Å². The Labute approximate surface area is 134 Å². The van der Waals surface area contributed by atoms with E-state index in [2.05, 4.69) is 17.4 Å². The van der Waals surface area contributed by atoms with E-state index in [0.29, 0.717) is 18.5 Å². The summed E-state index contributed by atoms with van der Waals surface area (Å²) in [5.74, 6) is -0.0440. The van der Waals surface area contributed by atoms with Gasteiger partial charge in [0.2, 0.25) is 0 Å². The summed E-state index contributed by atoms with van der Waals surface area (Å²) in [6, 6.07) is 8.69. The molecule has 1 N–H and O–H groups in total. The highest BCUT2D eigenvalue weighted by atomic mass is 16.6. The Morgan fingerprint density at radius 1 is 1.30 bits per heavy atom. The fourth-order valence-electron chi connectivity index (χ4n) is 3.92. The lowest BCUT2D eigenvalue weighted by molar-refractivity contribution is -0.122. The maximum Gasteiger partial charge on any atom is 0.329 e. The number of nitrogens with one attached hydrogen (secondary N) is 1. The summed E-state index contributed by atoms with van der Waals surface area (Å²) >= 11 is 0. The van der Waals surface area contributed by atoms with E-state index >= 15 is 0 Å². The number of anilines is 1. The molecule has 0 unspecified atom stereocenters. The molecule has 2 fully saturated rings. The van der Waals surface area contributed by atoms with Crippen LogP contribution in [0.1, 0.15) is 32.6 Å². The molecule has 0 radical (unpaired) electrons. The molecule has 1 saturated heterocycles. The molecule has 3 atom stereocenters. The van der Waals surface area contributed by atoms with Crippen LogP contribution in [0.25, 0.3) is 0 Å². The smallest absolute Gasteiger partial charge is 0.329 e. The molecule has 0 bridgehead atoms. The second-order valence-electron chi connectivity index (χ2n) is 6.48. The monoisotopic (exact) mass is 313 g/mol. The Hall–Kier alpha value is -2.37. The Balaban J connectivity index is 1.61. The predicted molar refractivity (Wildman–Crippen MR) is 85.1 cm³/mol. The first-order chi connectivity index (χ1) is 11.1. The van der Waals surface area contributed by atoms with Crippen molar-refractivity contribution in [2.45, 2.75) is 44.2 Å². The Morgan fingerprint density at radius 2 is 2.09 bits per heavy atom. The molecular formula is C17H19N3O3. The maximum absolute atomic E-state index is 13.0. The number of carbonyl (C=O) groups excluding carboxylic acids is 2. The molecule has 2 aliphatic heterocycles. The molecule has 3 amide bonds. The van der Waals surface area contributed by atoms with E-state index in [0.717, 1.165) is 18.6 Å². The van der Waals surface area contributed by atoms with Crippen molar-refractivity contribution in [3.05, 3.63) is 30.3 Å². The number of carbonyl (C=O) groups is 2. The van der Waals surface area contributed by atoms with Crippen LogP contribution in [0.5, 0.6) is 0 Å². The molecule has 120 valence electrons. The lowest BCUT2D eigenvalue weighted by atomic mass is 9.92. The maximum atomic E-state index is 13.0. The Morgan fingerprint density at radius 3 is 2.83 bits per heavy atom. The van der Waals surface area contributed by atoms with Crippen LogP contribution in [0.3, 0.4) is 0 Å². The lowest BCUT2D eigenvalue weighted by Crippen LogP contribution is -2.45. The number of hydrogen-bond donors (Lipinski definition) is 1. The number of nitrogens with zero attached hydrogens (tertiary/aromatic N) is 2. The average molecular weight is 313 g/mol. The molecule has 0 aromatic heterocycles. The first kappa shape index (κ1) is 14.2. The van der Waals surface area contributed by atoms with E-state index in [4.69, 9.17) is 4.84 Å². The van der Waals surface area contributed by atoms with Gasteiger partial charge < -0.3 is 10.2 Å². The van der Waals surface area contributed by atoms with Crippen LogP contribution in [-0.2, 0) is 9.63 Å². The zero-order valence-electron chi connectivity index (χ0n) is 13.0. The van der Waals surface area contributed by atoms with Crippen molar-refractivity contribution >= 4 is 23.3 Å². The highest BCUT2D eigenvalue weighted by molar-refractivity contribution is 6.23. The van der Waals surface area contributed by atoms with Crippen LogP contribution in [0.2, 0.25) is 0 Å². The fourth-order valence-corrected chi connectivity index (χ4v) is 3.92. The molecule has 3 aliphatic rings.